The quantitative estimate of drug-likeness (QED) is 0.714. The van der Waals surface area contributed by atoms with Crippen molar-refractivity contribution in [2.45, 2.75) is 12.3 Å². The third-order valence-electron chi connectivity index (χ3n) is 2.26. The summed E-state index contributed by atoms with van der Waals surface area (Å²) in [7, 11) is 1.31. The molecule has 0 aliphatic rings. The first-order chi connectivity index (χ1) is 8.83. The highest BCUT2D eigenvalue weighted by Gasteiger charge is 2.42. The van der Waals surface area contributed by atoms with E-state index in [4.69, 9.17) is 9.47 Å². The minimum absolute atomic E-state index is 0.0692. The second-order valence-corrected chi connectivity index (χ2v) is 4.35. The molecular formula is C12H11BrF4O2. The molecule has 0 bridgehead atoms. The van der Waals surface area contributed by atoms with Crippen molar-refractivity contribution in [1.29, 1.82) is 0 Å². The van der Waals surface area contributed by atoms with E-state index in [1.165, 1.54) is 19.3 Å². The Kier molecular flexibility index (Phi) is 5.22. The molecule has 0 saturated carbocycles. The molecule has 7 heteroatoms. The molecule has 0 N–H and O–H groups in total. The minimum Gasteiger partial charge on any atom is -0.493 e. The summed E-state index contributed by atoms with van der Waals surface area (Å²) in [5.74, 6) is -4.14. The van der Waals surface area contributed by atoms with Crippen LogP contribution in [-0.4, -0.2) is 26.1 Å². The van der Waals surface area contributed by atoms with Gasteiger partial charge in [0.25, 0.3) is 0 Å². The van der Waals surface area contributed by atoms with Crippen molar-refractivity contribution < 1.29 is 27.0 Å². The van der Waals surface area contributed by atoms with Crippen molar-refractivity contribution >= 4 is 22.0 Å². The number of hydrogen-bond acceptors (Lipinski definition) is 2. The molecule has 0 aliphatic heterocycles. The van der Waals surface area contributed by atoms with Crippen molar-refractivity contribution in [3.63, 3.8) is 0 Å². The van der Waals surface area contributed by atoms with Crippen LogP contribution in [0.5, 0.6) is 11.5 Å². The summed E-state index contributed by atoms with van der Waals surface area (Å²) in [6, 6.07) is 3.09. The number of methoxy groups -OCH3 is 1. The highest BCUT2D eigenvalue weighted by atomic mass is 79.9. The van der Waals surface area contributed by atoms with E-state index in [1.807, 2.05) is 0 Å². The van der Waals surface area contributed by atoms with E-state index in [0.717, 1.165) is 0 Å². The number of rotatable bonds is 6. The lowest BCUT2D eigenvalue weighted by Gasteiger charge is -2.18. The number of halogens is 5. The Bertz CT molecular complexity index is 463. The maximum Gasteiger partial charge on any atom is 0.340 e. The first-order valence-electron chi connectivity index (χ1n) is 5.11. The molecule has 0 unspecified atom stereocenters. The zero-order valence-corrected chi connectivity index (χ0v) is 11.5. The second-order valence-electron chi connectivity index (χ2n) is 3.55. The lowest BCUT2D eigenvalue weighted by atomic mass is 10.2. The van der Waals surface area contributed by atoms with Crippen LogP contribution in [0.15, 0.2) is 23.2 Å². The van der Waals surface area contributed by atoms with Crippen molar-refractivity contribution in [3.05, 3.63) is 28.7 Å². The molecule has 0 atom stereocenters. The third kappa shape index (κ3) is 3.62. The summed E-state index contributed by atoms with van der Waals surface area (Å²) >= 11 is 3.13. The topological polar surface area (TPSA) is 18.5 Å². The van der Waals surface area contributed by atoms with Crippen LogP contribution in [0.25, 0.3) is 6.08 Å². The van der Waals surface area contributed by atoms with Gasteiger partial charge in [-0.25, -0.2) is 8.78 Å². The Labute approximate surface area is 116 Å². The van der Waals surface area contributed by atoms with Crippen LogP contribution in [-0.2, 0) is 0 Å². The Balaban J connectivity index is 3.02. The first kappa shape index (κ1) is 15.8. The van der Waals surface area contributed by atoms with E-state index in [0.29, 0.717) is 10.0 Å². The Morgan fingerprint density at radius 2 is 2.05 bits per heavy atom. The van der Waals surface area contributed by atoms with E-state index in [2.05, 4.69) is 22.5 Å². The molecule has 0 saturated heterocycles. The predicted molar refractivity (Wildman–Crippen MR) is 67.2 cm³/mol. The van der Waals surface area contributed by atoms with Crippen molar-refractivity contribution in [2.75, 3.05) is 13.7 Å². The Morgan fingerprint density at radius 1 is 1.42 bits per heavy atom. The summed E-state index contributed by atoms with van der Waals surface area (Å²) in [6.07, 6.45) is -2.33. The van der Waals surface area contributed by atoms with Gasteiger partial charge in [0.2, 0.25) is 0 Å². The van der Waals surface area contributed by atoms with Crippen LogP contribution < -0.4 is 9.47 Å². The molecule has 0 aliphatic carbocycles. The number of benzene rings is 1. The zero-order chi connectivity index (χ0) is 14.6. The van der Waals surface area contributed by atoms with E-state index in [-0.39, 0.29) is 11.5 Å². The van der Waals surface area contributed by atoms with Gasteiger partial charge in [-0.2, -0.15) is 8.78 Å². The lowest BCUT2D eigenvalue weighted by Crippen LogP contribution is -2.33. The number of alkyl halides is 4. The fourth-order valence-corrected chi connectivity index (χ4v) is 1.84. The molecule has 0 amide bonds. The van der Waals surface area contributed by atoms with Crippen molar-refractivity contribution in [3.8, 4) is 11.5 Å². The molecule has 0 spiro atoms. The zero-order valence-electron chi connectivity index (χ0n) is 9.93. The van der Waals surface area contributed by atoms with Crippen LogP contribution in [0.1, 0.15) is 5.56 Å². The highest BCUT2D eigenvalue weighted by molar-refractivity contribution is 9.10. The lowest BCUT2D eigenvalue weighted by molar-refractivity contribution is -0.148. The maximum absolute atomic E-state index is 12.8. The SMILES string of the molecule is C=Cc1ccc(OC)c(OCC(F)(F)C(F)F)c1Br. The van der Waals surface area contributed by atoms with Gasteiger partial charge in [0.1, 0.15) is 0 Å². The van der Waals surface area contributed by atoms with Gasteiger partial charge in [0, 0.05) is 0 Å². The standard InChI is InChI=1S/C12H11BrF4O2/c1-3-7-4-5-8(18-2)10(9(7)13)19-6-12(16,17)11(14)15/h3-5,11H,1,6H2,2H3. The molecular weight excluding hydrogens is 332 g/mol. The molecule has 0 aromatic heterocycles. The van der Waals surface area contributed by atoms with E-state index >= 15 is 0 Å². The molecule has 1 aromatic rings. The van der Waals surface area contributed by atoms with Gasteiger partial charge in [-0.3, -0.25) is 0 Å². The summed E-state index contributed by atoms with van der Waals surface area (Å²) < 4.78 is 59.8. The van der Waals surface area contributed by atoms with Crippen LogP contribution in [0.2, 0.25) is 0 Å². The minimum atomic E-state index is -4.23. The first-order valence-corrected chi connectivity index (χ1v) is 5.90. The average Bonchev–Trinajstić information content (AvgIpc) is 2.36. The molecule has 2 nitrogen and oxygen atoms in total. The normalized spacial score (nSPS) is 11.5. The fourth-order valence-electron chi connectivity index (χ4n) is 1.24. The second kappa shape index (κ2) is 6.27. The molecule has 0 fully saturated rings. The average molecular weight is 343 g/mol. The molecule has 19 heavy (non-hydrogen) atoms. The smallest absolute Gasteiger partial charge is 0.340 e. The van der Waals surface area contributed by atoms with Gasteiger partial charge in [-0.15, -0.1) is 0 Å². The van der Waals surface area contributed by atoms with Gasteiger partial charge < -0.3 is 9.47 Å². The molecule has 106 valence electrons. The van der Waals surface area contributed by atoms with Gasteiger partial charge in [0.15, 0.2) is 18.1 Å². The molecule has 0 radical (unpaired) electrons. The third-order valence-corrected chi connectivity index (χ3v) is 3.08. The van der Waals surface area contributed by atoms with Crippen molar-refractivity contribution in [1.82, 2.24) is 0 Å². The summed E-state index contributed by atoms with van der Waals surface area (Å²) in [5.41, 5.74) is 0.566. The predicted octanol–water partition coefficient (Wildman–Crippen LogP) is 4.38. The molecule has 0 heterocycles. The summed E-state index contributed by atoms with van der Waals surface area (Å²) in [5, 5.41) is 0. The van der Waals surface area contributed by atoms with E-state index in [9.17, 15) is 17.6 Å². The van der Waals surface area contributed by atoms with Crippen LogP contribution in [0.3, 0.4) is 0 Å². The van der Waals surface area contributed by atoms with E-state index < -0.39 is 19.0 Å². The molecule has 1 aromatic carbocycles. The van der Waals surface area contributed by atoms with E-state index in [1.54, 1.807) is 6.07 Å². The fraction of sp³-hybridized carbons (Fsp3) is 0.333. The van der Waals surface area contributed by atoms with Gasteiger partial charge in [-0.1, -0.05) is 12.7 Å². The van der Waals surface area contributed by atoms with Gasteiger partial charge in [0.05, 0.1) is 11.6 Å². The highest BCUT2D eigenvalue weighted by Crippen LogP contribution is 2.39. The Hall–Kier alpha value is -1.24. The van der Waals surface area contributed by atoms with Crippen LogP contribution in [0, 0.1) is 0 Å². The summed E-state index contributed by atoms with van der Waals surface area (Å²) in [6.45, 7) is 2.09. The monoisotopic (exact) mass is 342 g/mol. The largest absolute Gasteiger partial charge is 0.493 e. The molecule has 1 rings (SSSR count). The Morgan fingerprint density at radius 3 is 2.53 bits per heavy atom. The maximum atomic E-state index is 12.8. The van der Waals surface area contributed by atoms with Crippen LogP contribution >= 0.6 is 15.9 Å². The van der Waals surface area contributed by atoms with Crippen molar-refractivity contribution in [2.24, 2.45) is 0 Å². The summed E-state index contributed by atoms with van der Waals surface area (Å²) in [4.78, 5) is 0. The van der Waals surface area contributed by atoms with Gasteiger partial charge >= 0.3 is 12.3 Å². The number of ether oxygens (including phenoxy) is 2. The number of hydrogen-bond donors (Lipinski definition) is 0. The van der Waals surface area contributed by atoms with Gasteiger partial charge in [-0.05, 0) is 33.6 Å². The van der Waals surface area contributed by atoms with Crippen LogP contribution in [0.4, 0.5) is 17.6 Å².